The Morgan fingerprint density at radius 1 is 0.870 bits per heavy atom. The molecule has 11 heteroatoms. The van der Waals surface area contributed by atoms with Gasteiger partial charge < -0.3 is 56.3 Å². The first kappa shape index (κ1) is 18.9. The van der Waals surface area contributed by atoms with Crippen LogP contribution < -0.4 is 11.5 Å². The van der Waals surface area contributed by atoms with Gasteiger partial charge >= 0.3 is 0 Å². The van der Waals surface area contributed by atoms with Gasteiger partial charge in [0.25, 0.3) is 0 Å². The highest BCUT2D eigenvalue weighted by Gasteiger charge is 2.58. The van der Waals surface area contributed by atoms with Crippen molar-refractivity contribution in [3.8, 4) is 0 Å². The molecule has 136 valence electrons. The monoisotopic (exact) mass is 340 g/mol. The van der Waals surface area contributed by atoms with Gasteiger partial charge in [-0.25, -0.2) is 0 Å². The fraction of sp³-hybridized carbons (Fsp3) is 1.00. The molecule has 23 heavy (non-hydrogen) atoms. The number of aliphatic hydroxyl groups is 6. The lowest BCUT2D eigenvalue weighted by atomic mass is 9.98. The van der Waals surface area contributed by atoms with Gasteiger partial charge in [-0.2, -0.15) is 0 Å². The summed E-state index contributed by atoms with van der Waals surface area (Å²) in [4.78, 5) is 0. The number of rotatable bonds is 5. The minimum atomic E-state index is -2.10. The topological polar surface area (TPSA) is 201 Å². The average Bonchev–Trinajstić information content (AvgIpc) is 2.80. The van der Waals surface area contributed by atoms with Crippen LogP contribution in [-0.4, -0.2) is 105 Å². The zero-order valence-corrected chi connectivity index (χ0v) is 12.3. The van der Waals surface area contributed by atoms with Crippen LogP contribution in [0.15, 0.2) is 0 Å². The maximum atomic E-state index is 10.1. The summed E-state index contributed by atoms with van der Waals surface area (Å²) in [6.45, 7) is -1.20. The molecule has 2 saturated heterocycles. The first-order valence-corrected chi connectivity index (χ1v) is 7.23. The van der Waals surface area contributed by atoms with Crippen molar-refractivity contribution in [2.24, 2.45) is 11.5 Å². The van der Waals surface area contributed by atoms with Crippen molar-refractivity contribution < 1.29 is 44.8 Å². The van der Waals surface area contributed by atoms with Gasteiger partial charge in [0.15, 0.2) is 6.29 Å². The van der Waals surface area contributed by atoms with Gasteiger partial charge in [0.1, 0.15) is 49.3 Å². The number of ether oxygens (including phenoxy) is 3. The number of hydrogen-bond donors (Lipinski definition) is 8. The van der Waals surface area contributed by atoms with Crippen molar-refractivity contribution in [1.29, 1.82) is 0 Å². The van der Waals surface area contributed by atoms with Crippen molar-refractivity contribution in [2.75, 3.05) is 19.7 Å². The molecular weight excluding hydrogens is 316 g/mol. The quantitative estimate of drug-likeness (QED) is 0.237. The van der Waals surface area contributed by atoms with E-state index in [0.717, 1.165) is 0 Å². The first-order valence-electron chi connectivity index (χ1n) is 7.23. The van der Waals surface area contributed by atoms with E-state index in [-0.39, 0.29) is 13.1 Å². The Hall–Kier alpha value is -0.440. The Labute approximate surface area is 132 Å². The molecule has 2 fully saturated rings. The standard InChI is InChI=1S/C12H24N2O9/c13-1-4-6(16)8(18)9(19)11(21-4)23-12(3-15)10(20)7(17)5(2-14)22-12/h4-11,15-20H,1-3,13-14H2/t4?,5-,6-,7?,8+,9?,10-,11-,12+/m1/s1. The van der Waals surface area contributed by atoms with E-state index >= 15 is 0 Å². The Morgan fingerprint density at radius 2 is 1.48 bits per heavy atom. The molecule has 0 saturated carbocycles. The summed E-state index contributed by atoms with van der Waals surface area (Å²) in [5, 5.41) is 59.0. The molecule has 0 spiro atoms. The Morgan fingerprint density at radius 3 is 1.96 bits per heavy atom. The molecule has 2 rings (SSSR count). The van der Waals surface area contributed by atoms with Crippen LogP contribution in [0.3, 0.4) is 0 Å². The Bertz CT molecular complexity index is 401. The van der Waals surface area contributed by atoms with E-state index in [1.807, 2.05) is 0 Å². The molecule has 2 heterocycles. The van der Waals surface area contributed by atoms with Gasteiger partial charge in [-0.3, -0.25) is 0 Å². The lowest BCUT2D eigenvalue weighted by molar-refractivity contribution is -0.380. The van der Waals surface area contributed by atoms with Crippen molar-refractivity contribution in [3.63, 3.8) is 0 Å². The van der Waals surface area contributed by atoms with Gasteiger partial charge in [0, 0.05) is 13.1 Å². The van der Waals surface area contributed by atoms with Gasteiger partial charge in [-0.05, 0) is 0 Å². The van der Waals surface area contributed by atoms with Crippen LogP contribution >= 0.6 is 0 Å². The normalized spacial score (nSPS) is 51.1. The Balaban J connectivity index is 2.18. The molecule has 11 nitrogen and oxygen atoms in total. The van der Waals surface area contributed by atoms with E-state index in [1.54, 1.807) is 0 Å². The van der Waals surface area contributed by atoms with E-state index in [9.17, 15) is 30.6 Å². The van der Waals surface area contributed by atoms with E-state index in [0.29, 0.717) is 0 Å². The molecule has 0 aromatic rings. The maximum absolute atomic E-state index is 10.1. The smallest absolute Gasteiger partial charge is 0.224 e. The second kappa shape index (κ2) is 7.21. The molecule has 0 bridgehead atoms. The molecule has 2 aliphatic rings. The molecule has 10 N–H and O–H groups in total. The summed E-state index contributed by atoms with van der Waals surface area (Å²) < 4.78 is 15.9. The number of nitrogens with two attached hydrogens (primary N) is 2. The summed E-state index contributed by atoms with van der Waals surface area (Å²) in [6, 6.07) is 0. The van der Waals surface area contributed by atoms with Crippen LogP contribution in [0, 0.1) is 0 Å². The zero-order valence-electron chi connectivity index (χ0n) is 12.3. The highest BCUT2D eigenvalue weighted by atomic mass is 16.8. The molecule has 2 aliphatic heterocycles. The van der Waals surface area contributed by atoms with Crippen molar-refractivity contribution in [2.45, 2.75) is 54.8 Å². The predicted molar refractivity (Wildman–Crippen MR) is 72.6 cm³/mol. The summed E-state index contributed by atoms with van der Waals surface area (Å²) in [5.74, 6) is -2.10. The Kier molecular flexibility index (Phi) is 5.92. The highest BCUT2D eigenvalue weighted by Crippen LogP contribution is 2.35. The van der Waals surface area contributed by atoms with Crippen molar-refractivity contribution >= 4 is 0 Å². The van der Waals surface area contributed by atoms with Crippen LogP contribution in [0.4, 0.5) is 0 Å². The molecule has 9 atom stereocenters. The van der Waals surface area contributed by atoms with Crippen LogP contribution in [0.2, 0.25) is 0 Å². The molecule has 0 radical (unpaired) electrons. The zero-order chi connectivity index (χ0) is 17.4. The number of hydrogen-bond acceptors (Lipinski definition) is 11. The van der Waals surface area contributed by atoms with E-state index in [1.165, 1.54) is 0 Å². The number of aliphatic hydroxyl groups excluding tert-OH is 6. The molecule has 0 amide bonds. The fourth-order valence-electron chi connectivity index (χ4n) is 2.72. The van der Waals surface area contributed by atoms with Crippen molar-refractivity contribution in [3.05, 3.63) is 0 Å². The van der Waals surface area contributed by atoms with Crippen molar-refractivity contribution in [1.82, 2.24) is 0 Å². The lowest BCUT2D eigenvalue weighted by Crippen LogP contribution is -2.63. The maximum Gasteiger partial charge on any atom is 0.224 e. The summed E-state index contributed by atoms with van der Waals surface area (Å²) in [7, 11) is 0. The van der Waals surface area contributed by atoms with Crippen LogP contribution in [0.1, 0.15) is 0 Å². The fourth-order valence-corrected chi connectivity index (χ4v) is 2.72. The van der Waals surface area contributed by atoms with E-state index < -0.39 is 61.4 Å². The van der Waals surface area contributed by atoms with Crippen LogP contribution in [-0.2, 0) is 14.2 Å². The molecule has 0 aromatic carbocycles. The van der Waals surface area contributed by atoms with Gasteiger partial charge in [0.05, 0.1) is 0 Å². The minimum absolute atomic E-state index is 0.149. The summed E-state index contributed by atoms with van der Waals surface area (Å²) in [5.41, 5.74) is 10.8. The van der Waals surface area contributed by atoms with E-state index in [2.05, 4.69) is 0 Å². The third-order valence-electron chi connectivity index (χ3n) is 4.18. The first-order chi connectivity index (χ1) is 10.8. The van der Waals surface area contributed by atoms with Gasteiger partial charge in [-0.15, -0.1) is 0 Å². The van der Waals surface area contributed by atoms with Gasteiger partial charge in [0.2, 0.25) is 5.79 Å². The molecule has 0 aromatic heterocycles. The third kappa shape index (κ3) is 3.23. The van der Waals surface area contributed by atoms with Crippen LogP contribution in [0.5, 0.6) is 0 Å². The second-order valence-electron chi connectivity index (χ2n) is 5.67. The third-order valence-corrected chi connectivity index (χ3v) is 4.18. The molecular formula is C12H24N2O9. The minimum Gasteiger partial charge on any atom is -0.391 e. The average molecular weight is 340 g/mol. The highest BCUT2D eigenvalue weighted by molar-refractivity contribution is 4.98. The SMILES string of the molecule is NCC1O[C@H](O[C@]2(CO)O[C@H](CN)C(O)[C@H]2O)C(O)[C@@H](O)[C@@H]1O. The lowest BCUT2D eigenvalue weighted by Gasteiger charge is -2.43. The predicted octanol–water partition coefficient (Wildman–Crippen LogP) is -5.46. The second-order valence-corrected chi connectivity index (χ2v) is 5.67. The molecule has 3 unspecified atom stereocenters. The van der Waals surface area contributed by atoms with E-state index in [4.69, 9.17) is 25.7 Å². The van der Waals surface area contributed by atoms with Gasteiger partial charge in [-0.1, -0.05) is 0 Å². The molecule has 0 aliphatic carbocycles. The van der Waals surface area contributed by atoms with Crippen LogP contribution in [0.25, 0.3) is 0 Å². The summed E-state index contributed by atoms with van der Waals surface area (Å²) in [6.07, 6.45) is -11.4. The largest absolute Gasteiger partial charge is 0.391 e. The summed E-state index contributed by atoms with van der Waals surface area (Å²) >= 11 is 0.